The lowest BCUT2D eigenvalue weighted by Crippen LogP contribution is -2.17. The molecule has 1 aromatic carbocycles. The van der Waals surface area contributed by atoms with E-state index in [2.05, 4.69) is 36.4 Å². The maximum atomic E-state index is 6.27. The number of hydrogen-bond acceptors (Lipinski definition) is 2. The lowest BCUT2D eigenvalue weighted by Gasteiger charge is -2.21. The summed E-state index contributed by atoms with van der Waals surface area (Å²) in [5.41, 5.74) is 2.22. The first kappa shape index (κ1) is 14.2. The lowest BCUT2D eigenvalue weighted by atomic mass is 9.96. The summed E-state index contributed by atoms with van der Waals surface area (Å²) in [7, 11) is 1.67. The van der Waals surface area contributed by atoms with Crippen LogP contribution in [-0.4, -0.2) is 16.7 Å². The minimum absolute atomic E-state index is 0.110. The molecule has 2 rings (SSSR count). The first-order valence-corrected chi connectivity index (χ1v) is 6.94. The van der Waals surface area contributed by atoms with Gasteiger partial charge in [-0.1, -0.05) is 20.8 Å². The van der Waals surface area contributed by atoms with Crippen molar-refractivity contribution in [2.24, 2.45) is 5.41 Å². The van der Waals surface area contributed by atoms with E-state index in [1.165, 1.54) is 0 Å². The molecule has 1 aromatic heterocycles. The summed E-state index contributed by atoms with van der Waals surface area (Å²) < 4.78 is 7.47. The molecule has 0 bridgehead atoms. The highest BCUT2D eigenvalue weighted by Gasteiger charge is 2.20. The third-order valence-electron chi connectivity index (χ3n) is 2.97. The second kappa shape index (κ2) is 5.04. The summed E-state index contributed by atoms with van der Waals surface area (Å²) in [6, 6.07) is 5.97. The molecule has 1 heterocycles. The third kappa shape index (κ3) is 3.03. The first-order chi connectivity index (χ1) is 8.81. The quantitative estimate of drug-likeness (QED) is 0.780. The Hall–Kier alpha value is -1.22. The molecule has 0 amide bonds. The molecule has 0 aliphatic rings. The first-order valence-electron chi connectivity index (χ1n) is 6.50. The maximum absolute atomic E-state index is 6.27. The highest BCUT2D eigenvalue weighted by Crippen LogP contribution is 2.30. The topological polar surface area (TPSA) is 27.1 Å². The predicted octanol–water partition coefficient (Wildman–Crippen LogP) is 4.39. The molecule has 1 unspecified atom stereocenters. The van der Waals surface area contributed by atoms with Gasteiger partial charge in [-0.2, -0.15) is 0 Å². The van der Waals surface area contributed by atoms with Gasteiger partial charge in [-0.05, 0) is 24.5 Å². The number of imidazole rings is 1. The SMILES string of the molecule is COc1ccc2c(c1)nc(C(C)Cl)n2CC(C)(C)C. The highest BCUT2D eigenvalue weighted by atomic mass is 35.5. The van der Waals surface area contributed by atoms with E-state index in [-0.39, 0.29) is 10.8 Å². The summed E-state index contributed by atoms with van der Waals surface area (Å²) in [5.74, 6) is 1.74. The molecule has 0 spiro atoms. The molecule has 0 aliphatic heterocycles. The number of nitrogens with zero attached hydrogens (tertiary/aromatic N) is 2. The number of hydrogen-bond donors (Lipinski definition) is 0. The average molecular weight is 281 g/mol. The minimum atomic E-state index is -0.110. The number of fused-ring (bicyclic) bond motifs is 1. The number of alkyl halides is 1. The van der Waals surface area contributed by atoms with Gasteiger partial charge >= 0.3 is 0 Å². The third-order valence-corrected chi connectivity index (χ3v) is 3.17. The second-order valence-corrected chi connectivity index (χ2v) is 6.74. The fourth-order valence-electron chi connectivity index (χ4n) is 2.20. The normalized spacial score (nSPS) is 13.8. The Morgan fingerprint density at radius 1 is 1.37 bits per heavy atom. The van der Waals surface area contributed by atoms with Gasteiger partial charge in [-0.3, -0.25) is 0 Å². The van der Waals surface area contributed by atoms with Gasteiger partial charge in [0.05, 0.1) is 23.5 Å². The smallest absolute Gasteiger partial charge is 0.127 e. The molecule has 0 aliphatic carbocycles. The van der Waals surface area contributed by atoms with Crippen LogP contribution in [0.3, 0.4) is 0 Å². The van der Waals surface area contributed by atoms with Crippen molar-refractivity contribution in [1.29, 1.82) is 0 Å². The van der Waals surface area contributed by atoms with Crippen molar-refractivity contribution >= 4 is 22.6 Å². The monoisotopic (exact) mass is 280 g/mol. The van der Waals surface area contributed by atoms with Gasteiger partial charge in [0.15, 0.2) is 0 Å². The molecule has 4 heteroatoms. The van der Waals surface area contributed by atoms with Crippen molar-refractivity contribution in [1.82, 2.24) is 9.55 Å². The summed E-state index contributed by atoms with van der Waals surface area (Å²) in [4.78, 5) is 4.66. The Morgan fingerprint density at radius 3 is 2.58 bits per heavy atom. The van der Waals surface area contributed by atoms with E-state index in [1.54, 1.807) is 7.11 Å². The lowest BCUT2D eigenvalue weighted by molar-refractivity contribution is 0.343. The number of ether oxygens (including phenoxy) is 1. The van der Waals surface area contributed by atoms with Gasteiger partial charge in [-0.25, -0.2) is 4.98 Å². The van der Waals surface area contributed by atoms with Gasteiger partial charge in [-0.15, -0.1) is 11.6 Å². The van der Waals surface area contributed by atoms with Crippen LogP contribution in [0.2, 0.25) is 0 Å². The van der Waals surface area contributed by atoms with E-state index < -0.39 is 0 Å². The molecule has 0 saturated heterocycles. The molecule has 0 N–H and O–H groups in total. The van der Waals surface area contributed by atoms with Crippen LogP contribution in [0, 0.1) is 5.41 Å². The molecule has 104 valence electrons. The van der Waals surface area contributed by atoms with Gasteiger partial charge in [0, 0.05) is 12.6 Å². The Kier molecular flexibility index (Phi) is 3.77. The fraction of sp³-hybridized carbons (Fsp3) is 0.533. The van der Waals surface area contributed by atoms with Gasteiger partial charge < -0.3 is 9.30 Å². The zero-order valence-corrected chi connectivity index (χ0v) is 13.0. The van der Waals surface area contributed by atoms with E-state index in [9.17, 15) is 0 Å². The summed E-state index contributed by atoms with van der Waals surface area (Å²) in [6.07, 6.45) is 0. The van der Waals surface area contributed by atoms with Crippen LogP contribution in [0.25, 0.3) is 11.0 Å². The zero-order valence-electron chi connectivity index (χ0n) is 12.2. The second-order valence-electron chi connectivity index (χ2n) is 6.09. The zero-order chi connectivity index (χ0) is 14.2. The van der Waals surface area contributed by atoms with Crippen LogP contribution in [0.4, 0.5) is 0 Å². The van der Waals surface area contributed by atoms with Crippen LogP contribution < -0.4 is 4.74 Å². The van der Waals surface area contributed by atoms with Gasteiger partial charge in [0.2, 0.25) is 0 Å². The molecule has 1 atom stereocenters. The minimum Gasteiger partial charge on any atom is -0.497 e. The highest BCUT2D eigenvalue weighted by molar-refractivity contribution is 6.20. The fourth-order valence-corrected chi connectivity index (χ4v) is 2.37. The van der Waals surface area contributed by atoms with Crippen LogP contribution >= 0.6 is 11.6 Å². The summed E-state index contributed by atoms with van der Waals surface area (Å²) >= 11 is 6.27. The van der Waals surface area contributed by atoms with Crippen LogP contribution in [0.1, 0.15) is 38.9 Å². The summed E-state index contributed by atoms with van der Waals surface area (Å²) in [5, 5.41) is -0.110. The van der Waals surface area contributed by atoms with Crippen molar-refractivity contribution in [2.75, 3.05) is 7.11 Å². The van der Waals surface area contributed by atoms with E-state index in [1.807, 2.05) is 19.1 Å². The number of benzene rings is 1. The molecule has 19 heavy (non-hydrogen) atoms. The van der Waals surface area contributed by atoms with Crippen molar-refractivity contribution in [2.45, 2.75) is 39.6 Å². The van der Waals surface area contributed by atoms with E-state index in [0.717, 1.165) is 29.2 Å². The molecule has 0 radical (unpaired) electrons. The van der Waals surface area contributed by atoms with Gasteiger partial charge in [0.25, 0.3) is 0 Å². The Balaban J connectivity index is 2.60. The number of aromatic nitrogens is 2. The number of rotatable bonds is 3. The molecule has 3 nitrogen and oxygen atoms in total. The Labute approximate surface area is 119 Å². The predicted molar refractivity (Wildman–Crippen MR) is 80.0 cm³/mol. The Bertz CT molecular complexity index is 582. The molecular weight excluding hydrogens is 260 g/mol. The largest absolute Gasteiger partial charge is 0.497 e. The van der Waals surface area contributed by atoms with Crippen molar-refractivity contribution in [3.63, 3.8) is 0 Å². The van der Waals surface area contributed by atoms with Crippen LogP contribution in [0.15, 0.2) is 18.2 Å². The maximum Gasteiger partial charge on any atom is 0.127 e. The van der Waals surface area contributed by atoms with Crippen molar-refractivity contribution in [3.05, 3.63) is 24.0 Å². The molecule has 2 aromatic rings. The van der Waals surface area contributed by atoms with E-state index >= 15 is 0 Å². The average Bonchev–Trinajstić information content (AvgIpc) is 2.65. The number of halogens is 1. The summed E-state index contributed by atoms with van der Waals surface area (Å²) in [6.45, 7) is 9.49. The van der Waals surface area contributed by atoms with Crippen molar-refractivity contribution in [3.8, 4) is 5.75 Å². The van der Waals surface area contributed by atoms with E-state index in [0.29, 0.717) is 0 Å². The standard InChI is InChI=1S/C15H21ClN2O/c1-10(16)14-17-12-8-11(19-5)6-7-13(12)18(14)9-15(2,3)4/h6-8,10H,9H2,1-5H3. The van der Waals surface area contributed by atoms with Crippen molar-refractivity contribution < 1.29 is 4.74 Å². The molecular formula is C15H21ClN2O. The number of methoxy groups -OCH3 is 1. The van der Waals surface area contributed by atoms with Crippen LogP contribution in [-0.2, 0) is 6.54 Å². The van der Waals surface area contributed by atoms with E-state index in [4.69, 9.17) is 16.3 Å². The van der Waals surface area contributed by atoms with Crippen LogP contribution in [0.5, 0.6) is 5.75 Å². The molecule has 0 fully saturated rings. The van der Waals surface area contributed by atoms with Gasteiger partial charge in [0.1, 0.15) is 11.6 Å². The molecule has 0 saturated carbocycles. The Morgan fingerprint density at radius 2 is 2.05 bits per heavy atom.